The predicted octanol–water partition coefficient (Wildman–Crippen LogP) is 1.61. The fraction of sp³-hybridized carbons (Fsp3) is 0.632. The van der Waals surface area contributed by atoms with E-state index in [1.807, 2.05) is 19.1 Å². The third-order valence-electron chi connectivity index (χ3n) is 5.44. The Balaban J connectivity index is 1.43. The van der Waals surface area contributed by atoms with Crippen molar-refractivity contribution in [2.24, 2.45) is 5.92 Å². The highest BCUT2D eigenvalue weighted by molar-refractivity contribution is 7.89. The van der Waals surface area contributed by atoms with Gasteiger partial charge in [-0.25, -0.2) is 8.42 Å². The number of benzene rings is 1. The summed E-state index contributed by atoms with van der Waals surface area (Å²) >= 11 is 0. The number of hydrogen-bond acceptors (Lipinski definition) is 4. The number of rotatable bonds is 6. The number of aryl methyl sites for hydroxylation is 1. The molecule has 0 atom stereocenters. The molecule has 144 valence electrons. The molecule has 7 heteroatoms. The number of nitrogens with one attached hydrogen (secondary N) is 1. The number of carbonyl (C=O) groups excluding carboxylic acids is 1. The van der Waals surface area contributed by atoms with Gasteiger partial charge in [0.2, 0.25) is 15.9 Å². The third-order valence-corrected chi connectivity index (χ3v) is 7.36. The zero-order valence-electron chi connectivity index (χ0n) is 15.5. The zero-order chi connectivity index (χ0) is 18.6. The van der Waals surface area contributed by atoms with Crippen LogP contribution in [0.25, 0.3) is 0 Å². The molecule has 6 nitrogen and oxygen atoms in total. The summed E-state index contributed by atoms with van der Waals surface area (Å²) in [6, 6.07) is 7.01. The number of carbonyl (C=O) groups is 1. The number of nitrogens with zero attached hydrogens (tertiary/aromatic N) is 2. The molecule has 1 amide bonds. The highest BCUT2D eigenvalue weighted by Crippen LogP contribution is 2.24. The van der Waals surface area contributed by atoms with E-state index in [2.05, 4.69) is 10.2 Å². The van der Waals surface area contributed by atoms with Crippen LogP contribution in [0.1, 0.15) is 31.2 Å². The van der Waals surface area contributed by atoms with Crippen molar-refractivity contribution in [1.29, 1.82) is 0 Å². The minimum atomic E-state index is -3.41. The molecule has 2 fully saturated rings. The summed E-state index contributed by atoms with van der Waals surface area (Å²) in [6.45, 7) is 5.74. The molecule has 0 unspecified atom stereocenters. The normalized spacial score (nSPS) is 20.3. The SMILES string of the molecule is Cc1ccc(S(=O)(=O)N2CCN(CCNC(=O)C3CCCC3)CC2)cc1. The lowest BCUT2D eigenvalue weighted by molar-refractivity contribution is -0.124. The molecule has 0 spiro atoms. The van der Waals surface area contributed by atoms with Crippen molar-refractivity contribution in [3.05, 3.63) is 29.8 Å². The largest absolute Gasteiger partial charge is 0.355 e. The van der Waals surface area contributed by atoms with E-state index in [-0.39, 0.29) is 11.8 Å². The Morgan fingerprint density at radius 2 is 1.69 bits per heavy atom. The first-order chi connectivity index (χ1) is 12.5. The maximum Gasteiger partial charge on any atom is 0.243 e. The summed E-state index contributed by atoms with van der Waals surface area (Å²) < 4.78 is 27.0. The van der Waals surface area contributed by atoms with Crippen molar-refractivity contribution in [1.82, 2.24) is 14.5 Å². The van der Waals surface area contributed by atoms with Crippen LogP contribution >= 0.6 is 0 Å². The molecule has 1 saturated carbocycles. The van der Waals surface area contributed by atoms with Gasteiger partial charge >= 0.3 is 0 Å². The smallest absolute Gasteiger partial charge is 0.243 e. The van der Waals surface area contributed by atoms with Crippen LogP contribution in [0.5, 0.6) is 0 Å². The van der Waals surface area contributed by atoms with E-state index in [0.29, 0.717) is 37.6 Å². The summed E-state index contributed by atoms with van der Waals surface area (Å²) in [5.74, 6) is 0.384. The van der Waals surface area contributed by atoms with Crippen molar-refractivity contribution >= 4 is 15.9 Å². The van der Waals surface area contributed by atoms with Gasteiger partial charge in [-0.3, -0.25) is 9.69 Å². The highest BCUT2D eigenvalue weighted by atomic mass is 32.2. The van der Waals surface area contributed by atoms with Gasteiger partial charge in [0, 0.05) is 45.2 Å². The summed E-state index contributed by atoms with van der Waals surface area (Å²) in [5, 5.41) is 3.03. The van der Waals surface area contributed by atoms with Gasteiger partial charge in [-0.05, 0) is 31.9 Å². The van der Waals surface area contributed by atoms with E-state index < -0.39 is 10.0 Å². The quantitative estimate of drug-likeness (QED) is 0.815. The van der Waals surface area contributed by atoms with Crippen LogP contribution in [0.2, 0.25) is 0 Å². The Bertz CT molecular complexity index is 704. The standard InChI is InChI=1S/C19H29N3O3S/c1-16-6-8-18(9-7-16)26(24,25)22-14-12-21(13-15-22)11-10-20-19(23)17-4-2-3-5-17/h6-9,17H,2-5,10-15H2,1H3,(H,20,23). The van der Waals surface area contributed by atoms with Gasteiger partial charge < -0.3 is 5.32 Å². The molecule has 0 aromatic heterocycles. The molecular formula is C19H29N3O3S. The number of sulfonamides is 1. The van der Waals surface area contributed by atoms with Crippen LogP contribution in [0.4, 0.5) is 0 Å². The van der Waals surface area contributed by atoms with Gasteiger partial charge in [0.15, 0.2) is 0 Å². The molecule has 1 N–H and O–H groups in total. The lowest BCUT2D eigenvalue weighted by Gasteiger charge is -2.34. The fourth-order valence-electron chi connectivity index (χ4n) is 3.72. The second-order valence-electron chi connectivity index (χ2n) is 7.33. The minimum absolute atomic E-state index is 0.183. The molecule has 3 rings (SSSR count). The lowest BCUT2D eigenvalue weighted by Crippen LogP contribution is -2.50. The van der Waals surface area contributed by atoms with Gasteiger partial charge in [-0.15, -0.1) is 0 Å². The summed E-state index contributed by atoms with van der Waals surface area (Å²) in [7, 11) is -3.41. The van der Waals surface area contributed by atoms with Gasteiger partial charge in [-0.2, -0.15) is 4.31 Å². The average molecular weight is 380 g/mol. The van der Waals surface area contributed by atoms with Crippen molar-refractivity contribution in [3.8, 4) is 0 Å². The molecule has 26 heavy (non-hydrogen) atoms. The van der Waals surface area contributed by atoms with Crippen LogP contribution in [0.15, 0.2) is 29.2 Å². The summed E-state index contributed by atoms with van der Waals surface area (Å²) in [4.78, 5) is 14.6. The first-order valence-corrected chi connectivity index (χ1v) is 11.0. The molecular weight excluding hydrogens is 350 g/mol. The Morgan fingerprint density at radius 1 is 1.08 bits per heavy atom. The van der Waals surface area contributed by atoms with Crippen molar-refractivity contribution < 1.29 is 13.2 Å². The van der Waals surface area contributed by atoms with E-state index >= 15 is 0 Å². The highest BCUT2D eigenvalue weighted by Gasteiger charge is 2.28. The van der Waals surface area contributed by atoms with Crippen LogP contribution < -0.4 is 5.32 Å². The van der Waals surface area contributed by atoms with Crippen molar-refractivity contribution in [2.75, 3.05) is 39.3 Å². The molecule has 1 aromatic carbocycles. The van der Waals surface area contributed by atoms with E-state index in [0.717, 1.165) is 37.8 Å². The zero-order valence-corrected chi connectivity index (χ0v) is 16.3. The molecule has 0 bridgehead atoms. The first-order valence-electron chi connectivity index (χ1n) is 9.54. The Labute approximate surface area is 156 Å². The van der Waals surface area contributed by atoms with Crippen molar-refractivity contribution in [3.63, 3.8) is 0 Å². The van der Waals surface area contributed by atoms with E-state index in [9.17, 15) is 13.2 Å². The van der Waals surface area contributed by atoms with E-state index in [1.165, 1.54) is 0 Å². The third kappa shape index (κ3) is 4.64. The van der Waals surface area contributed by atoms with Crippen molar-refractivity contribution in [2.45, 2.75) is 37.5 Å². The lowest BCUT2D eigenvalue weighted by atomic mass is 10.1. The van der Waals surface area contributed by atoms with Crippen LogP contribution in [0.3, 0.4) is 0 Å². The second-order valence-corrected chi connectivity index (χ2v) is 9.27. The van der Waals surface area contributed by atoms with Crippen LogP contribution in [-0.2, 0) is 14.8 Å². The Kier molecular flexibility index (Phi) is 6.32. The molecule has 0 radical (unpaired) electrons. The topological polar surface area (TPSA) is 69.7 Å². The monoisotopic (exact) mass is 379 g/mol. The molecule has 1 saturated heterocycles. The fourth-order valence-corrected chi connectivity index (χ4v) is 5.14. The van der Waals surface area contributed by atoms with E-state index in [1.54, 1.807) is 16.4 Å². The Hall–Kier alpha value is -1.44. The predicted molar refractivity (Wildman–Crippen MR) is 101 cm³/mol. The van der Waals surface area contributed by atoms with Gasteiger partial charge in [0.05, 0.1) is 4.90 Å². The Morgan fingerprint density at radius 3 is 2.31 bits per heavy atom. The summed E-state index contributed by atoms with van der Waals surface area (Å²) in [5.41, 5.74) is 1.05. The first kappa shape index (κ1) is 19.3. The molecule has 1 aromatic rings. The summed E-state index contributed by atoms with van der Waals surface area (Å²) in [6.07, 6.45) is 4.35. The van der Waals surface area contributed by atoms with Crippen LogP contribution in [-0.4, -0.2) is 62.8 Å². The van der Waals surface area contributed by atoms with Gasteiger partial charge in [0.1, 0.15) is 0 Å². The minimum Gasteiger partial charge on any atom is -0.355 e. The van der Waals surface area contributed by atoms with E-state index in [4.69, 9.17) is 0 Å². The van der Waals surface area contributed by atoms with Gasteiger partial charge in [0.25, 0.3) is 0 Å². The second kappa shape index (κ2) is 8.50. The molecule has 1 heterocycles. The number of hydrogen-bond donors (Lipinski definition) is 1. The molecule has 1 aliphatic carbocycles. The molecule has 1 aliphatic heterocycles. The number of piperazine rings is 1. The maximum absolute atomic E-state index is 12.7. The number of amides is 1. The maximum atomic E-state index is 12.7. The molecule has 2 aliphatic rings. The van der Waals surface area contributed by atoms with Crippen LogP contribution in [0, 0.1) is 12.8 Å². The average Bonchev–Trinajstić information content (AvgIpc) is 3.17. The van der Waals surface area contributed by atoms with Gasteiger partial charge in [-0.1, -0.05) is 30.5 Å².